The molecule has 3 fully saturated rings. The Morgan fingerprint density at radius 2 is 1.48 bits per heavy atom. The van der Waals surface area contributed by atoms with Crippen molar-refractivity contribution in [1.29, 1.82) is 0 Å². The third-order valence-electron chi connectivity index (χ3n) is 12.8. The van der Waals surface area contributed by atoms with E-state index in [2.05, 4.69) is 5.43 Å². The molecule has 4 amide bonds. The molecule has 2 saturated heterocycles. The molecule has 5 aromatic carbocycles. The van der Waals surface area contributed by atoms with E-state index < -0.39 is 58.5 Å². The molecule has 6 unspecified atom stereocenters. The van der Waals surface area contributed by atoms with Gasteiger partial charge in [-0.25, -0.2) is 4.39 Å². The zero-order valence-electron chi connectivity index (χ0n) is 33.9. The van der Waals surface area contributed by atoms with Crippen LogP contribution in [0.5, 0.6) is 23.0 Å². The van der Waals surface area contributed by atoms with Crippen LogP contribution >= 0.6 is 11.6 Å². The van der Waals surface area contributed by atoms with Crippen molar-refractivity contribution in [3.8, 4) is 23.0 Å². The maximum Gasteiger partial charge on any atom is 0.260 e. The van der Waals surface area contributed by atoms with Gasteiger partial charge in [0, 0.05) is 16.5 Å². The van der Waals surface area contributed by atoms with Crippen molar-refractivity contribution in [3.05, 3.63) is 154 Å². The lowest BCUT2D eigenvalue weighted by molar-refractivity contribution is -0.138. The molecule has 2 N–H and O–H groups in total. The van der Waals surface area contributed by atoms with E-state index in [-0.39, 0.29) is 30.2 Å². The van der Waals surface area contributed by atoms with E-state index in [0.29, 0.717) is 44.6 Å². The maximum absolute atomic E-state index is 15.4. The van der Waals surface area contributed by atoms with Crippen molar-refractivity contribution in [1.82, 2.24) is 5.01 Å². The molecule has 11 nitrogen and oxygen atoms in total. The number of benzene rings is 5. The monoisotopic (exact) mass is 853 g/mol. The standard InChI is InChI=1S/C49H41ClFN3O8/c1-60-35-19-23-41(61-2)28(24-35)7-4-27-5-17-34(18-6-27)53-45(56)37-21-20-36-38(43(37)47(53)58)26-39-46(57)54(52-33-15-13-32(51)14-16-33)48(59)49(39,30-9-11-31(50)12-10-30)44(36)29-8-22-42(62-3)40(55)25-29/h4-20,22-25,37-39,43-44,52,55H,21,26H2,1-3H3. The fraction of sp³-hybridized carbons (Fsp3) is 0.224. The molecule has 2 aliphatic heterocycles. The van der Waals surface area contributed by atoms with Gasteiger partial charge >= 0.3 is 0 Å². The number of allylic oxidation sites excluding steroid dienone is 2. The Morgan fingerprint density at radius 1 is 0.774 bits per heavy atom. The van der Waals surface area contributed by atoms with Gasteiger partial charge in [-0.05, 0) is 114 Å². The number of carbonyl (C=O) groups excluding carboxylic acids is 4. The van der Waals surface area contributed by atoms with Crippen LogP contribution in [0.4, 0.5) is 15.8 Å². The van der Waals surface area contributed by atoms with E-state index in [1.54, 1.807) is 62.8 Å². The fourth-order valence-electron chi connectivity index (χ4n) is 10.1. The van der Waals surface area contributed by atoms with Crippen LogP contribution in [0.15, 0.2) is 121 Å². The number of anilines is 2. The smallest absolute Gasteiger partial charge is 0.260 e. The number of amides is 4. The number of hydrogen-bond acceptors (Lipinski definition) is 9. The molecular weight excluding hydrogens is 813 g/mol. The van der Waals surface area contributed by atoms with Crippen molar-refractivity contribution >= 4 is 58.8 Å². The van der Waals surface area contributed by atoms with E-state index in [4.69, 9.17) is 25.8 Å². The molecule has 0 bridgehead atoms. The lowest BCUT2D eigenvalue weighted by Crippen LogP contribution is -2.53. The molecular formula is C49H41ClFN3O8. The van der Waals surface area contributed by atoms with Gasteiger partial charge in [0.05, 0.1) is 55.9 Å². The first-order valence-corrected chi connectivity index (χ1v) is 20.5. The first-order chi connectivity index (χ1) is 30.0. The van der Waals surface area contributed by atoms with E-state index >= 15 is 4.79 Å². The summed E-state index contributed by atoms with van der Waals surface area (Å²) < 4.78 is 30.2. The lowest BCUT2D eigenvalue weighted by Gasteiger charge is -2.50. The summed E-state index contributed by atoms with van der Waals surface area (Å²) in [4.78, 5) is 60.7. The number of nitrogens with one attached hydrogen (secondary N) is 1. The third-order valence-corrected chi connectivity index (χ3v) is 13.1. The first-order valence-electron chi connectivity index (χ1n) is 20.1. The van der Waals surface area contributed by atoms with Gasteiger partial charge in [-0.3, -0.25) is 29.5 Å². The third kappa shape index (κ3) is 6.48. The van der Waals surface area contributed by atoms with Gasteiger partial charge in [0.15, 0.2) is 11.5 Å². The van der Waals surface area contributed by atoms with Crippen LogP contribution in [-0.4, -0.2) is 55.1 Å². The van der Waals surface area contributed by atoms with E-state index in [1.807, 2.05) is 48.6 Å². The van der Waals surface area contributed by atoms with Crippen molar-refractivity contribution in [3.63, 3.8) is 0 Å². The number of phenols is 1. The lowest BCUT2D eigenvalue weighted by atomic mass is 9.49. The summed E-state index contributed by atoms with van der Waals surface area (Å²) in [5.74, 6) is -5.14. The molecule has 2 aliphatic carbocycles. The van der Waals surface area contributed by atoms with Gasteiger partial charge in [-0.2, -0.15) is 5.01 Å². The van der Waals surface area contributed by atoms with Crippen molar-refractivity contribution in [2.45, 2.75) is 24.2 Å². The van der Waals surface area contributed by atoms with Crippen LogP contribution in [0, 0.1) is 29.5 Å². The highest BCUT2D eigenvalue weighted by molar-refractivity contribution is 6.30. The zero-order valence-corrected chi connectivity index (χ0v) is 34.6. The Kier molecular flexibility index (Phi) is 10.3. The van der Waals surface area contributed by atoms with Crippen LogP contribution in [-0.2, 0) is 24.6 Å². The Morgan fingerprint density at radius 3 is 2.16 bits per heavy atom. The minimum absolute atomic E-state index is 0.0603. The largest absolute Gasteiger partial charge is 0.504 e. The van der Waals surface area contributed by atoms with Crippen molar-refractivity contribution in [2.24, 2.45) is 23.7 Å². The van der Waals surface area contributed by atoms with E-state index in [9.17, 15) is 23.9 Å². The van der Waals surface area contributed by atoms with E-state index in [1.165, 1.54) is 42.3 Å². The number of hydrazine groups is 1. The predicted molar refractivity (Wildman–Crippen MR) is 231 cm³/mol. The van der Waals surface area contributed by atoms with Crippen molar-refractivity contribution < 1.29 is 42.9 Å². The van der Waals surface area contributed by atoms with Gasteiger partial charge in [-0.15, -0.1) is 0 Å². The van der Waals surface area contributed by atoms with Gasteiger partial charge < -0.3 is 19.3 Å². The minimum Gasteiger partial charge on any atom is -0.504 e. The molecule has 62 heavy (non-hydrogen) atoms. The number of fused-ring (bicyclic) bond motifs is 4. The summed E-state index contributed by atoms with van der Waals surface area (Å²) >= 11 is 6.40. The molecule has 13 heteroatoms. The Hall–Kier alpha value is -6.92. The van der Waals surface area contributed by atoms with Gasteiger partial charge in [0.2, 0.25) is 11.8 Å². The number of carbonyl (C=O) groups is 4. The maximum atomic E-state index is 15.4. The molecule has 314 valence electrons. The number of ether oxygens (including phenoxy) is 3. The quantitative estimate of drug-likeness (QED) is 0.0805. The Labute approximate surface area is 361 Å². The molecule has 9 rings (SSSR count). The number of phenolic OH excluding ortho intramolecular Hbond substituents is 1. The number of nitrogens with zero attached hydrogens (tertiary/aromatic N) is 2. The SMILES string of the molecule is COc1ccc(OC)c(C=Cc2ccc(N3C(=O)C4CC=C5C(CC6C(=O)N(Nc7ccc(F)cc7)C(=O)C6(c6ccc(Cl)cc6)C5c5ccc(OC)c(O)c5)C4C3=O)cc2)c1. The van der Waals surface area contributed by atoms with Crippen LogP contribution in [0.1, 0.15) is 41.0 Å². The molecule has 4 aliphatic rings. The molecule has 0 aromatic heterocycles. The molecule has 6 atom stereocenters. The normalized spacial score (nSPS) is 24.1. The second-order valence-corrected chi connectivity index (χ2v) is 16.3. The average Bonchev–Trinajstić information content (AvgIpc) is 3.66. The molecule has 0 radical (unpaired) electrons. The first kappa shape index (κ1) is 40.5. The summed E-state index contributed by atoms with van der Waals surface area (Å²) in [6.45, 7) is 0. The highest BCUT2D eigenvalue weighted by atomic mass is 35.5. The Bertz CT molecular complexity index is 2690. The molecule has 1 saturated carbocycles. The van der Waals surface area contributed by atoms with Crippen LogP contribution in [0.2, 0.25) is 5.02 Å². The van der Waals surface area contributed by atoms with Crippen LogP contribution in [0.25, 0.3) is 12.2 Å². The van der Waals surface area contributed by atoms with Crippen LogP contribution < -0.4 is 24.5 Å². The summed E-state index contributed by atoms with van der Waals surface area (Å²) in [7, 11) is 4.61. The number of aromatic hydroxyl groups is 1. The number of methoxy groups -OCH3 is 3. The van der Waals surface area contributed by atoms with Gasteiger partial charge in [0.1, 0.15) is 17.3 Å². The fourth-order valence-corrected chi connectivity index (χ4v) is 10.2. The van der Waals surface area contributed by atoms with Gasteiger partial charge in [-0.1, -0.05) is 65.7 Å². The van der Waals surface area contributed by atoms with E-state index in [0.717, 1.165) is 16.1 Å². The number of halogens is 2. The number of imide groups is 2. The topological polar surface area (TPSA) is 135 Å². The summed E-state index contributed by atoms with van der Waals surface area (Å²) in [5, 5.41) is 12.6. The predicted octanol–water partition coefficient (Wildman–Crippen LogP) is 8.57. The highest BCUT2D eigenvalue weighted by Crippen LogP contribution is 2.64. The van der Waals surface area contributed by atoms with Gasteiger partial charge in [0.25, 0.3) is 11.8 Å². The van der Waals surface area contributed by atoms with Crippen LogP contribution in [0.3, 0.4) is 0 Å². The molecule has 2 heterocycles. The zero-order chi connectivity index (χ0) is 43.4. The Balaban J connectivity index is 1.12. The van der Waals surface area contributed by atoms with Crippen molar-refractivity contribution in [2.75, 3.05) is 31.7 Å². The summed E-state index contributed by atoms with van der Waals surface area (Å²) in [6, 6.07) is 29.5. The molecule has 5 aromatic rings. The number of rotatable bonds is 10. The summed E-state index contributed by atoms with van der Waals surface area (Å²) in [5.41, 5.74) is 5.41. The highest BCUT2D eigenvalue weighted by Gasteiger charge is 2.70. The second kappa shape index (κ2) is 15.8. The molecule has 0 spiro atoms. The average molecular weight is 854 g/mol. The second-order valence-electron chi connectivity index (χ2n) is 15.8. The summed E-state index contributed by atoms with van der Waals surface area (Å²) in [6.07, 6.45) is 5.99. The minimum atomic E-state index is -1.60. The number of hydrogen-bond donors (Lipinski definition) is 2.